The highest BCUT2D eigenvalue weighted by Crippen LogP contribution is 2.15. The van der Waals surface area contributed by atoms with Gasteiger partial charge in [-0.25, -0.2) is 9.78 Å². The van der Waals surface area contributed by atoms with Crippen LogP contribution < -0.4 is 10.9 Å². The largest absolute Gasteiger partial charge is 0.462 e. The minimum Gasteiger partial charge on any atom is -0.462 e. The van der Waals surface area contributed by atoms with Gasteiger partial charge in [-0.1, -0.05) is 22.9 Å². The van der Waals surface area contributed by atoms with Crippen LogP contribution in [0.2, 0.25) is 0 Å². The number of hydrogen-bond donors (Lipinski definition) is 1. The molecule has 0 atom stereocenters. The molecule has 3 rings (SSSR count). The number of halogens is 1. The van der Waals surface area contributed by atoms with Gasteiger partial charge >= 0.3 is 5.97 Å². The minimum absolute atomic E-state index is 0.112. The van der Waals surface area contributed by atoms with Crippen LogP contribution in [0.3, 0.4) is 0 Å². The lowest BCUT2D eigenvalue weighted by molar-refractivity contribution is -0.116. The Morgan fingerprint density at radius 1 is 1.17 bits per heavy atom. The molecule has 0 bridgehead atoms. The van der Waals surface area contributed by atoms with Gasteiger partial charge in [0.15, 0.2) is 0 Å². The van der Waals surface area contributed by atoms with Gasteiger partial charge in [0.25, 0.3) is 5.56 Å². The standard InChI is InChI=1S/C21H20BrN3O4/c1-2-11-29-21(28)14-3-6-16(7-4-14)24-19(26)9-10-25-13-23-18-8-5-15(22)12-17(18)20(25)27/h3-8,12-13H,2,9-11H2,1H3,(H,24,26). The fourth-order valence-electron chi connectivity index (χ4n) is 2.70. The highest BCUT2D eigenvalue weighted by atomic mass is 79.9. The summed E-state index contributed by atoms with van der Waals surface area (Å²) in [6.45, 7) is 2.51. The van der Waals surface area contributed by atoms with Crippen molar-refractivity contribution in [1.82, 2.24) is 9.55 Å². The molecule has 0 saturated heterocycles. The third kappa shape index (κ3) is 5.29. The smallest absolute Gasteiger partial charge is 0.338 e. The summed E-state index contributed by atoms with van der Waals surface area (Å²) in [7, 11) is 0. The Balaban J connectivity index is 1.60. The number of benzene rings is 2. The number of nitrogens with one attached hydrogen (secondary N) is 1. The predicted molar refractivity (Wildman–Crippen MR) is 114 cm³/mol. The van der Waals surface area contributed by atoms with Crippen molar-refractivity contribution in [2.45, 2.75) is 26.3 Å². The molecule has 0 saturated carbocycles. The molecule has 0 aliphatic heterocycles. The van der Waals surface area contributed by atoms with Crippen molar-refractivity contribution in [3.05, 3.63) is 69.2 Å². The van der Waals surface area contributed by atoms with Gasteiger partial charge in [-0.15, -0.1) is 0 Å². The number of esters is 1. The summed E-state index contributed by atoms with van der Waals surface area (Å²) < 4.78 is 7.28. The van der Waals surface area contributed by atoms with E-state index in [0.717, 1.165) is 10.9 Å². The number of carbonyl (C=O) groups excluding carboxylic acids is 2. The highest BCUT2D eigenvalue weighted by molar-refractivity contribution is 9.10. The number of anilines is 1. The Morgan fingerprint density at radius 2 is 1.93 bits per heavy atom. The summed E-state index contributed by atoms with van der Waals surface area (Å²) in [4.78, 5) is 40.8. The quantitative estimate of drug-likeness (QED) is 0.545. The van der Waals surface area contributed by atoms with Crippen LogP contribution in [0.4, 0.5) is 5.69 Å². The minimum atomic E-state index is -0.389. The lowest BCUT2D eigenvalue weighted by atomic mass is 10.2. The fraction of sp³-hybridized carbons (Fsp3) is 0.238. The SMILES string of the molecule is CCCOC(=O)c1ccc(NC(=O)CCn2cnc3ccc(Br)cc3c2=O)cc1. The number of aryl methyl sites for hydroxylation is 1. The zero-order valence-corrected chi connectivity index (χ0v) is 17.4. The zero-order chi connectivity index (χ0) is 20.8. The first-order chi connectivity index (χ1) is 14.0. The zero-order valence-electron chi connectivity index (χ0n) is 15.9. The van der Waals surface area contributed by atoms with Gasteiger partial charge < -0.3 is 10.1 Å². The van der Waals surface area contributed by atoms with Crippen LogP contribution in [-0.4, -0.2) is 28.0 Å². The summed E-state index contributed by atoms with van der Waals surface area (Å²) in [5.41, 5.74) is 1.40. The van der Waals surface area contributed by atoms with Crippen molar-refractivity contribution in [2.24, 2.45) is 0 Å². The van der Waals surface area contributed by atoms with Crippen molar-refractivity contribution in [3.63, 3.8) is 0 Å². The first-order valence-electron chi connectivity index (χ1n) is 9.19. The van der Waals surface area contributed by atoms with Gasteiger partial charge in [-0.05, 0) is 48.9 Å². The number of aromatic nitrogens is 2. The summed E-state index contributed by atoms with van der Waals surface area (Å²) >= 11 is 3.35. The van der Waals surface area contributed by atoms with Crippen LogP contribution in [-0.2, 0) is 16.1 Å². The molecule has 0 spiro atoms. The molecule has 29 heavy (non-hydrogen) atoms. The molecule has 1 N–H and O–H groups in total. The molecular weight excluding hydrogens is 438 g/mol. The van der Waals surface area contributed by atoms with Crippen molar-refractivity contribution in [2.75, 3.05) is 11.9 Å². The van der Waals surface area contributed by atoms with Crippen LogP contribution in [0.15, 0.2) is 58.1 Å². The van der Waals surface area contributed by atoms with Crippen LogP contribution in [0.1, 0.15) is 30.1 Å². The van der Waals surface area contributed by atoms with Gasteiger partial charge in [0, 0.05) is 23.1 Å². The van der Waals surface area contributed by atoms with Gasteiger partial charge in [0.05, 0.1) is 29.4 Å². The van der Waals surface area contributed by atoms with E-state index in [2.05, 4.69) is 26.2 Å². The lowest BCUT2D eigenvalue weighted by Gasteiger charge is -2.09. The Kier molecular flexibility index (Phi) is 6.77. The number of rotatable bonds is 7. The maximum absolute atomic E-state index is 12.6. The number of carbonyl (C=O) groups is 2. The van der Waals surface area contributed by atoms with E-state index in [1.54, 1.807) is 36.4 Å². The van der Waals surface area contributed by atoms with Crippen LogP contribution in [0.25, 0.3) is 10.9 Å². The maximum Gasteiger partial charge on any atom is 0.338 e. The Bertz CT molecular complexity index is 1090. The average Bonchev–Trinajstić information content (AvgIpc) is 2.72. The van der Waals surface area contributed by atoms with E-state index in [-0.39, 0.29) is 30.4 Å². The molecule has 0 unspecified atom stereocenters. The number of hydrogen-bond acceptors (Lipinski definition) is 5. The summed E-state index contributed by atoms with van der Waals surface area (Å²) in [5, 5.41) is 3.25. The van der Waals surface area contributed by atoms with Crippen molar-refractivity contribution >= 4 is 44.4 Å². The van der Waals surface area contributed by atoms with Crippen LogP contribution >= 0.6 is 15.9 Å². The van der Waals surface area contributed by atoms with E-state index in [1.165, 1.54) is 10.9 Å². The number of ether oxygens (including phenoxy) is 1. The van der Waals surface area contributed by atoms with Gasteiger partial charge in [0.2, 0.25) is 5.91 Å². The van der Waals surface area contributed by atoms with E-state index in [9.17, 15) is 14.4 Å². The molecule has 3 aromatic rings. The van der Waals surface area contributed by atoms with Crippen molar-refractivity contribution in [1.29, 1.82) is 0 Å². The Labute approximate surface area is 175 Å². The number of fused-ring (bicyclic) bond motifs is 1. The molecule has 8 heteroatoms. The molecule has 1 amide bonds. The third-order valence-electron chi connectivity index (χ3n) is 4.21. The van der Waals surface area contributed by atoms with E-state index >= 15 is 0 Å². The molecule has 0 aliphatic carbocycles. The molecule has 1 aromatic heterocycles. The van der Waals surface area contributed by atoms with Crippen molar-refractivity contribution in [3.8, 4) is 0 Å². The second-order valence-corrected chi connectivity index (χ2v) is 7.33. The van der Waals surface area contributed by atoms with Crippen LogP contribution in [0.5, 0.6) is 0 Å². The first-order valence-corrected chi connectivity index (χ1v) is 9.99. The van der Waals surface area contributed by atoms with E-state index in [4.69, 9.17) is 4.74 Å². The normalized spacial score (nSPS) is 10.7. The predicted octanol–water partition coefficient (Wildman–Crippen LogP) is 3.75. The molecular formula is C21H20BrN3O4. The summed E-state index contributed by atoms with van der Waals surface area (Å²) in [6, 6.07) is 11.8. The van der Waals surface area contributed by atoms with E-state index in [1.807, 2.05) is 13.0 Å². The second kappa shape index (κ2) is 9.47. The van der Waals surface area contributed by atoms with Gasteiger partial charge in [-0.3, -0.25) is 14.2 Å². The summed E-state index contributed by atoms with van der Waals surface area (Å²) in [5.74, 6) is -0.632. The fourth-order valence-corrected chi connectivity index (χ4v) is 3.06. The molecule has 0 radical (unpaired) electrons. The first kappa shape index (κ1) is 20.7. The Morgan fingerprint density at radius 3 is 2.66 bits per heavy atom. The molecule has 150 valence electrons. The monoisotopic (exact) mass is 457 g/mol. The molecule has 2 aromatic carbocycles. The number of nitrogens with zero attached hydrogens (tertiary/aromatic N) is 2. The van der Waals surface area contributed by atoms with Crippen molar-refractivity contribution < 1.29 is 14.3 Å². The highest BCUT2D eigenvalue weighted by Gasteiger charge is 2.09. The molecule has 1 heterocycles. The van der Waals surface area contributed by atoms with Crippen LogP contribution in [0, 0.1) is 0 Å². The maximum atomic E-state index is 12.6. The average molecular weight is 458 g/mol. The Hall–Kier alpha value is -3.00. The topological polar surface area (TPSA) is 90.3 Å². The van der Waals surface area contributed by atoms with E-state index in [0.29, 0.717) is 28.8 Å². The molecule has 7 nitrogen and oxygen atoms in total. The third-order valence-corrected chi connectivity index (χ3v) is 4.70. The summed E-state index contributed by atoms with van der Waals surface area (Å²) in [6.07, 6.45) is 2.32. The van der Waals surface area contributed by atoms with Gasteiger partial charge in [-0.2, -0.15) is 0 Å². The van der Waals surface area contributed by atoms with Gasteiger partial charge in [0.1, 0.15) is 0 Å². The lowest BCUT2D eigenvalue weighted by Crippen LogP contribution is -2.23. The number of amides is 1. The van der Waals surface area contributed by atoms with E-state index < -0.39 is 0 Å². The second-order valence-electron chi connectivity index (χ2n) is 6.42. The molecule has 0 aliphatic rings. The molecule has 0 fully saturated rings.